The summed E-state index contributed by atoms with van der Waals surface area (Å²) < 4.78 is 0. The number of nitrogens with two attached hydrogens (primary N) is 1. The van der Waals surface area contributed by atoms with E-state index in [0.717, 1.165) is 24.2 Å². The molecule has 0 spiro atoms. The van der Waals surface area contributed by atoms with Gasteiger partial charge in [0.25, 0.3) is 0 Å². The lowest BCUT2D eigenvalue weighted by molar-refractivity contribution is -0.119. The number of nitrogens with one attached hydrogen (secondary N) is 2. The maximum atomic E-state index is 12.3. The SMILES string of the molecule is CCCC(CN)C(=O)Nc1ccccc1-c1n[nH]c(C)n1. The summed E-state index contributed by atoms with van der Waals surface area (Å²) in [4.78, 5) is 16.6. The Morgan fingerprint density at radius 1 is 1.43 bits per heavy atom. The summed E-state index contributed by atoms with van der Waals surface area (Å²) in [6, 6.07) is 7.49. The molecule has 0 saturated carbocycles. The highest BCUT2D eigenvalue weighted by Gasteiger charge is 2.18. The molecule has 21 heavy (non-hydrogen) atoms. The third-order valence-corrected chi connectivity index (χ3v) is 3.32. The smallest absolute Gasteiger partial charge is 0.228 e. The van der Waals surface area contributed by atoms with Gasteiger partial charge in [-0.1, -0.05) is 25.5 Å². The number of aromatic nitrogens is 3. The van der Waals surface area contributed by atoms with Crippen molar-refractivity contribution in [3.05, 3.63) is 30.1 Å². The fourth-order valence-electron chi connectivity index (χ4n) is 2.19. The van der Waals surface area contributed by atoms with Crippen LogP contribution in [0.1, 0.15) is 25.6 Å². The number of aryl methyl sites for hydroxylation is 1. The molecular weight excluding hydrogens is 266 g/mol. The van der Waals surface area contributed by atoms with Crippen LogP contribution in [0.3, 0.4) is 0 Å². The highest BCUT2D eigenvalue weighted by molar-refractivity contribution is 5.96. The summed E-state index contributed by atoms with van der Waals surface area (Å²) in [7, 11) is 0. The van der Waals surface area contributed by atoms with Crippen LogP contribution in [0, 0.1) is 12.8 Å². The van der Waals surface area contributed by atoms with Gasteiger partial charge in [0.05, 0.1) is 11.6 Å². The molecule has 6 heteroatoms. The molecule has 2 aromatic rings. The van der Waals surface area contributed by atoms with Crippen molar-refractivity contribution in [1.82, 2.24) is 15.2 Å². The first kappa shape index (κ1) is 15.2. The minimum Gasteiger partial charge on any atom is -0.330 e. The highest BCUT2D eigenvalue weighted by atomic mass is 16.1. The zero-order chi connectivity index (χ0) is 15.2. The lowest BCUT2D eigenvalue weighted by Crippen LogP contribution is -2.29. The molecule has 0 saturated heterocycles. The number of nitrogens with zero attached hydrogens (tertiary/aromatic N) is 2. The summed E-state index contributed by atoms with van der Waals surface area (Å²) in [5, 5.41) is 9.89. The minimum atomic E-state index is -0.170. The van der Waals surface area contributed by atoms with Crippen molar-refractivity contribution in [3.63, 3.8) is 0 Å². The third-order valence-electron chi connectivity index (χ3n) is 3.32. The quantitative estimate of drug-likeness (QED) is 0.758. The van der Waals surface area contributed by atoms with E-state index in [1.165, 1.54) is 0 Å². The maximum Gasteiger partial charge on any atom is 0.228 e. The first-order chi connectivity index (χ1) is 10.2. The van der Waals surface area contributed by atoms with Crippen LogP contribution in [0.5, 0.6) is 0 Å². The lowest BCUT2D eigenvalue weighted by Gasteiger charge is -2.15. The Labute approximate surface area is 124 Å². The molecule has 1 amide bonds. The number of hydrogen-bond acceptors (Lipinski definition) is 4. The van der Waals surface area contributed by atoms with Crippen molar-refractivity contribution in [1.29, 1.82) is 0 Å². The minimum absolute atomic E-state index is 0.0564. The van der Waals surface area contributed by atoms with Crippen molar-refractivity contribution in [2.75, 3.05) is 11.9 Å². The number of rotatable bonds is 6. The fourth-order valence-corrected chi connectivity index (χ4v) is 2.19. The predicted molar refractivity (Wildman–Crippen MR) is 82.6 cm³/mol. The molecule has 1 atom stereocenters. The van der Waals surface area contributed by atoms with E-state index in [4.69, 9.17) is 5.73 Å². The lowest BCUT2D eigenvalue weighted by atomic mass is 10.0. The predicted octanol–water partition coefficient (Wildman–Crippen LogP) is 2.09. The van der Waals surface area contributed by atoms with Gasteiger partial charge in [0.15, 0.2) is 5.82 Å². The largest absolute Gasteiger partial charge is 0.330 e. The van der Waals surface area contributed by atoms with Gasteiger partial charge in [-0.05, 0) is 25.5 Å². The van der Waals surface area contributed by atoms with E-state index in [9.17, 15) is 4.79 Å². The van der Waals surface area contributed by atoms with E-state index in [0.29, 0.717) is 18.1 Å². The van der Waals surface area contributed by atoms with Crippen molar-refractivity contribution in [2.45, 2.75) is 26.7 Å². The summed E-state index contributed by atoms with van der Waals surface area (Å²) >= 11 is 0. The number of amides is 1. The van der Waals surface area contributed by atoms with Crippen LogP contribution in [0.25, 0.3) is 11.4 Å². The molecule has 0 aliphatic carbocycles. The molecule has 6 nitrogen and oxygen atoms in total. The number of hydrogen-bond donors (Lipinski definition) is 3. The van der Waals surface area contributed by atoms with Gasteiger partial charge in [-0.15, -0.1) is 0 Å². The highest BCUT2D eigenvalue weighted by Crippen LogP contribution is 2.25. The van der Waals surface area contributed by atoms with Crippen LogP contribution >= 0.6 is 0 Å². The van der Waals surface area contributed by atoms with Crippen LogP contribution in [-0.4, -0.2) is 27.6 Å². The second kappa shape index (κ2) is 6.99. The first-order valence-corrected chi connectivity index (χ1v) is 7.15. The molecule has 0 aliphatic heterocycles. The molecule has 0 fully saturated rings. The molecule has 0 aliphatic rings. The van der Waals surface area contributed by atoms with Gasteiger partial charge in [-0.3, -0.25) is 9.89 Å². The monoisotopic (exact) mass is 287 g/mol. The third kappa shape index (κ3) is 3.66. The topological polar surface area (TPSA) is 96.7 Å². The zero-order valence-corrected chi connectivity index (χ0v) is 12.4. The van der Waals surface area contributed by atoms with Crippen molar-refractivity contribution < 1.29 is 4.79 Å². The normalized spacial score (nSPS) is 12.1. The van der Waals surface area contributed by atoms with E-state index in [1.54, 1.807) is 0 Å². The first-order valence-electron chi connectivity index (χ1n) is 7.15. The van der Waals surface area contributed by atoms with Crippen molar-refractivity contribution in [3.8, 4) is 11.4 Å². The Kier molecular flexibility index (Phi) is 5.05. The Bertz CT molecular complexity index is 608. The molecule has 112 valence electrons. The van der Waals surface area contributed by atoms with Gasteiger partial charge in [0.1, 0.15) is 5.82 Å². The van der Waals surface area contributed by atoms with E-state index in [1.807, 2.05) is 38.1 Å². The number of H-pyrrole nitrogens is 1. The average Bonchev–Trinajstić information content (AvgIpc) is 2.91. The summed E-state index contributed by atoms with van der Waals surface area (Å²) in [6.45, 7) is 4.23. The number of benzene rings is 1. The summed E-state index contributed by atoms with van der Waals surface area (Å²) in [5.74, 6) is 1.08. The van der Waals surface area contributed by atoms with Gasteiger partial charge in [0, 0.05) is 12.1 Å². The number of anilines is 1. The van der Waals surface area contributed by atoms with Crippen molar-refractivity contribution in [2.24, 2.45) is 11.7 Å². The standard InChI is InChI=1S/C15H21N5O/c1-3-6-11(9-16)15(21)18-13-8-5-4-7-12(13)14-17-10(2)19-20-14/h4-5,7-8,11H,3,6,9,16H2,1-2H3,(H,18,21)(H,17,19,20). The average molecular weight is 287 g/mol. The molecule has 0 bridgehead atoms. The molecule has 1 unspecified atom stereocenters. The Hall–Kier alpha value is -2.21. The van der Waals surface area contributed by atoms with Crippen LogP contribution in [0.15, 0.2) is 24.3 Å². The Morgan fingerprint density at radius 2 is 2.19 bits per heavy atom. The van der Waals surface area contributed by atoms with E-state index >= 15 is 0 Å². The van der Waals surface area contributed by atoms with Crippen molar-refractivity contribution >= 4 is 11.6 Å². The van der Waals surface area contributed by atoms with Gasteiger partial charge in [-0.2, -0.15) is 5.10 Å². The second-order valence-electron chi connectivity index (χ2n) is 5.00. The fraction of sp³-hybridized carbons (Fsp3) is 0.400. The van der Waals surface area contributed by atoms with Crippen LogP contribution < -0.4 is 11.1 Å². The molecule has 2 rings (SSSR count). The maximum absolute atomic E-state index is 12.3. The Balaban J connectivity index is 2.23. The second-order valence-corrected chi connectivity index (χ2v) is 5.00. The molecule has 1 aromatic heterocycles. The Morgan fingerprint density at radius 3 is 2.81 bits per heavy atom. The summed E-state index contributed by atoms with van der Waals surface area (Å²) in [6.07, 6.45) is 1.71. The van der Waals surface area contributed by atoms with Crippen LogP contribution in [-0.2, 0) is 4.79 Å². The number of carbonyl (C=O) groups excluding carboxylic acids is 1. The molecular formula is C15H21N5O. The molecule has 4 N–H and O–H groups in total. The molecule has 1 aromatic carbocycles. The molecule has 1 heterocycles. The zero-order valence-electron chi connectivity index (χ0n) is 12.4. The van der Waals surface area contributed by atoms with Gasteiger partial charge >= 0.3 is 0 Å². The van der Waals surface area contributed by atoms with E-state index < -0.39 is 0 Å². The number of para-hydroxylation sites is 1. The van der Waals surface area contributed by atoms with Crippen LogP contribution in [0.4, 0.5) is 5.69 Å². The van der Waals surface area contributed by atoms with Gasteiger partial charge < -0.3 is 11.1 Å². The van der Waals surface area contributed by atoms with E-state index in [2.05, 4.69) is 20.5 Å². The number of carbonyl (C=O) groups is 1. The van der Waals surface area contributed by atoms with Gasteiger partial charge in [-0.25, -0.2) is 4.98 Å². The van der Waals surface area contributed by atoms with E-state index in [-0.39, 0.29) is 11.8 Å². The molecule has 0 radical (unpaired) electrons. The summed E-state index contributed by atoms with van der Waals surface area (Å²) in [5.41, 5.74) is 7.17. The van der Waals surface area contributed by atoms with Crippen LogP contribution in [0.2, 0.25) is 0 Å². The number of aromatic amines is 1. The van der Waals surface area contributed by atoms with Gasteiger partial charge in [0.2, 0.25) is 5.91 Å².